The number of nitrogens with zero attached hydrogens (tertiary/aromatic N) is 2. The first kappa shape index (κ1) is 14.3. The molecule has 1 aromatic heterocycles. The Hall–Kier alpha value is -1.62. The van der Waals surface area contributed by atoms with Gasteiger partial charge in [-0.2, -0.15) is 0 Å². The first-order valence-corrected chi connectivity index (χ1v) is 8.02. The van der Waals surface area contributed by atoms with Crippen molar-refractivity contribution in [2.75, 3.05) is 0 Å². The number of halogens is 1. The van der Waals surface area contributed by atoms with Crippen LogP contribution >= 0.6 is 15.9 Å². The van der Waals surface area contributed by atoms with Gasteiger partial charge in [0, 0.05) is 29.1 Å². The highest BCUT2D eigenvalue weighted by Crippen LogP contribution is 2.25. The average Bonchev–Trinajstić information content (AvgIpc) is 2.98. The summed E-state index contributed by atoms with van der Waals surface area (Å²) in [7, 11) is 0. The molecule has 1 aromatic carbocycles. The Kier molecular flexibility index (Phi) is 4.10. The Morgan fingerprint density at radius 1 is 1.00 bits per heavy atom. The summed E-state index contributed by atoms with van der Waals surface area (Å²) in [5, 5.41) is 0. The van der Waals surface area contributed by atoms with E-state index in [0.29, 0.717) is 18.2 Å². The Balaban J connectivity index is 1.94. The van der Waals surface area contributed by atoms with Gasteiger partial charge in [-0.1, -0.05) is 28.8 Å². The van der Waals surface area contributed by atoms with Crippen molar-refractivity contribution in [1.29, 1.82) is 0 Å². The molecule has 1 saturated carbocycles. The van der Waals surface area contributed by atoms with E-state index in [2.05, 4.69) is 15.9 Å². The van der Waals surface area contributed by atoms with Crippen molar-refractivity contribution >= 4 is 15.9 Å². The fraction of sp³-hybridized carbons (Fsp3) is 0.375. The lowest BCUT2D eigenvalue weighted by atomic mass is 10.1. The second-order valence-electron chi connectivity index (χ2n) is 5.56. The summed E-state index contributed by atoms with van der Waals surface area (Å²) in [6.07, 6.45) is 8.18. The van der Waals surface area contributed by atoms with Crippen LogP contribution < -0.4 is 11.1 Å². The van der Waals surface area contributed by atoms with Gasteiger partial charge in [0.15, 0.2) is 0 Å². The first-order valence-electron chi connectivity index (χ1n) is 7.23. The third-order valence-corrected chi connectivity index (χ3v) is 4.62. The molecule has 0 aliphatic heterocycles. The zero-order chi connectivity index (χ0) is 14.8. The third-order valence-electron chi connectivity index (χ3n) is 4.09. The normalized spacial score (nSPS) is 15.5. The highest BCUT2D eigenvalue weighted by atomic mass is 79.9. The van der Waals surface area contributed by atoms with Crippen LogP contribution in [0.25, 0.3) is 5.69 Å². The molecule has 0 N–H and O–H groups in total. The smallest absolute Gasteiger partial charge is 0.309 e. The Morgan fingerprint density at radius 2 is 1.67 bits per heavy atom. The van der Waals surface area contributed by atoms with Gasteiger partial charge in [-0.05, 0) is 43.0 Å². The zero-order valence-corrected chi connectivity index (χ0v) is 13.3. The summed E-state index contributed by atoms with van der Waals surface area (Å²) in [5.74, 6) is 0.533. The number of rotatable bonds is 3. The Bertz CT molecular complexity index is 740. The van der Waals surface area contributed by atoms with Crippen LogP contribution in [0.15, 0.2) is 50.7 Å². The van der Waals surface area contributed by atoms with Crippen LogP contribution in [0.1, 0.15) is 25.7 Å². The Labute approximate surface area is 131 Å². The molecule has 5 heteroatoms. The van der Waals surface area contributed by atoms with Crippen LogP contribution in [-0.2, 0) is 6.54 Å². The quantitative estimate of drug-likeness (QED) is 0.800. The topological polar surface area (TPSA) is 44.0 Å². The maximum Gasteiger partial charge on any atom is 0.320 e. The van der Waals surface area contributed by atoms with Gasteiger partial charge in [-0.3, -0.25) is 14.2 Å². The number of hydrogen-bond donors (Lipinski definition) is 0. The lowest BCUT2D eigenvalue weighted by Crippen LogP contribution is -2.40. The molecule has 110 valence electrons. The summed E-state index contributed by atoms with van der Waals surface area (Å²) >= 11 is 3.36. The summed E-state index contributed by atoms with van der Waals surface area (Å²) < 4.78 is 3.90. The van der Waals surface area contributed by atoms with E-state index in [4.69, 9.17) is 0 Å². The molecule has 0 saturated heterocycles. The number of hydrogen-bond acceptors (Lipinski definition) is 2. The van der Waals surface area contributed by atoms with Crippen molar-refractivity contribution in [2.45, 2.75) is 32.2 Å². The molecule has 0 spiro atoms. The maximum absolute atomic E-state index is 12.3. The average molecular weight is 349 g/mol. The molecule has 1 heterocycles. The molecule has 0 atom stereocenters. The number of benzene rings is 1. The van der Waals surface area contributed by atoms with Gasteiger partial charge in [-0.25, -0.2) is 0 Å². The number of aromatic nitrogens is 2. The largest absolute Gasteiger partial charge is 0.320 e. The Morgan fingerprint density at radius 3 is 2.33 bits per heavy atom. The fourth-order valence-corrected chi connectivity index (χ4v) is 3.19. The van der Waals surface area contributed by atoms with Crippen LogP contribution in [0.3, 0.4) is 0 Å². The molecular formula is C16H17BrN2O2. The molecule has 0 unspecified atom stereocenters. The van der Waals surface area contributed by atoms with Crippen molar-refractivity contribution in [3.05, 3.63) is 61.8 Å². The van der Waals surface area contributed by atoms with E-state index in [0.717, 1.165) is 17.3 Å². The van der Waals surface area contributed by atoms with Crippen LogP contribution in [0.5, 0.6) is 0 Å². The highest BCUT2D eigenvalue weighted by molar-refractivity contribution is 9.10. The lowest BCUT2D eigenvalue weighted by molar-refractivity contribution is 0.445. The van der Waals surface area contributed by atoms with Crippen molar-refractivity contribution in [1.82, 2.24) is 9.13 Å². The van der Waals surface area contributed by atoms with Gasteiger partial charge in [0.1, 0.15) is 0 Å². The molecule has 1 fully saturated rings. The monoisotopic (exact) mass is 348 g/mol. The van der Waals surface area contributed by atoms with Gasteiger partial charge >= 0.3 is 11.1 Å². The molecule has 1 aliphatic rings. The predicted molar refractivity (Wildman–Crippen MR) is 86.0 cm³/mol. The van der Waals surface area contributed by atoms with Gasteiger partial charge in [0.25, 0.3) is 0 Å². The van der Waals surface area contributed by atoms with E-state index >= 15 is 0 Å². The van der Waals surface area contributed by atoms with E-state index < -0.39 is 11.1 Å². The second-order valence-corrected chi connectivity index (χ2v) is 6.47. The lowest BCUT2D eigenvalue weighted by Gasteiger charge is -2.12. The molecular weight excluding hydrogens is 332 g/mol. The first-order chi connectivity index (χ1) is 10.1. The van der Waals surface area contributed by atoms with Crippen LogP contribution in [-0.4, -0.2) is 9.13 Å². The SMILES string of the molecule is O=c1c(=O)n(-c2ccc(Br)cc2)ccn1CC1CCCC1. The fourth-order valence-electron chi connectivity index (χ4n) is 2.93. The van der Waals surface area contributed by atoms with E-state index in [1.54, 1.807) is 17.0 Å². The van der Waals surface area contributed by atoms with Gasteiger partial charge in [0.05, 0.1) is 0 Å². The van der Waals surface area contributed by atoms with Crippen LogP contribution in [0.2, 0.25) is 0 Å². The molecule has 2 aromatic rings. The molecule has 4 nitrogen and oxygen atoms in total. The third kappa shape index (κ3) is 3.02. The van der Waals surface area contributed by atoms with Crippen LogP contribution in [0, 0.1) is 5.92 Å². The minimum Gasteiger partial charge on any atom is -0.309 e. The zero-order valence-electron chi connectivity index (χ0n) is 11.7. The summed E-state index contributed by atoms with van der Waals surface area (Å²) in [6.45, 7) is 0.662. The molecule has 1 aliphatic carbocycles. The van der Waals surface area contributed by atoms with Crippen molar-refractivity contribution in [2.24, 2.45) is 5.92 Å². The van der Waals surface area contributed by atoms with E-state index in [1.807, 2.05) is 24.3 Å². The molecule has 21 heavy (non-hydrogen) atoms. The van der Waals surface area contributed by atoms with Gasteiger partial charge < -0.3 is 4.57 Å². The summed E-state index contributed by atoms with van der Waals surface area (Å²) in [4.78, 5) is 24.5. The summed E-state index contributed by atoms with van der Waals surface area (Å²) in [6, 6.07) is 7.33. The van der Waals surface area contributed by atoms with Crippen molar-refractivity contribution < 1.29 is 0 Å². The van der Waals surface area contributed by atoms with E-state index in [1.165, 1.54) is 17.4 Å². The predicted octanol–water partition coefficient (Wildman–Crippen LogP) is 2.95. The molecule has 0 radical (unpaired) electrons. The highest BCUT2D eigenvalue weighted by Gasteiger charge is 2.17. The van der Waals surface area contributed by atoms with Gasteiger partial charge in [0.2, 0.25) is 0 Å². The van der Waals surface area contributed by atoms with E-state index in [-0.39, 0.29) is 0 Å². The summed E-state index contributed by atoms with van der Waals surface area (Å²) in [5.41, 5.74) is -0.224. The van der Waals surface area contributed by atoms with Crippen LogP contribution in [0.4, 0.5) is 0 Å². The minimum absolute atomic E-state index is 0.438. The molecule has 0 amide bonds. The van der Waals surface area contributed by atoms with E-state index in [9.17, 15) is 9.59 Å². The molecule has 3 rings (SSSR count). The minimum atomic E-state index is -0.488. The van der Waals surface area contributed by atoms with Crippen molar-refractivity contribution in [3.63, 3.8) is 0 Å². The maximum atomic E-state index is 12.3. The van der Waals surface area contributed by atoms with Crippen molar-refractivity contribution in [3.8, 4) is 5.69 Å². The van der Waals surface area contributed by atoms with Gasteiger partial charge in [-0.15, -0.1) is 0 Å². The molecule has 0 bridgehead atoms. The second kappa shape index (κ2) is 6.02. The standard InChI is InChI=1S/C16H17BrN2O2/c17-13-5-7-14(8-6-13)19-10-9-18(15(20)16(19)21)11-12-3-1-2-4-12/h5-10,12H,1-4,11H2.